The first-order valence-electron chi connectivity index (χ1n) is 7.00. The molecular weight excluding hydrogens is 270 g/mol. The van der Waals surface area contributed by atoms with Crippen LogP contribution in [-0.2, 0) is 0 Å². The number of benzene rings is 1. The van der Waals surface area contributed by atoms with Gasteiger partial charge in [-0.3, -0.25) is 0 Å². The molecule has 0 amide bonds. The standard InChI is InChI=1S/C16H21NO4/c1-3-13(14-5-4-9-20-14)17-12-6-7-15(19-2)16(11-12)21-10-8-18/h4-7,9,11,13,17-18H,3,8,10H2,1-2H3. The van der Waals surface area contributed by atoms with E-state index in [0.29, 0.717) is 11.5 Å². The lowest BCUT2D eigenvalue weighted by atomic mass is 10.1. The van der Waals surface area contributed by atoms with Crippen molar-refractivity contribution >= 4 is 5.69 Å². The van der Waals surface area contributed by atoms with Gasteiger partial charge >= 0.3 is 0 Å². The number of furan rings is 1. The van der Waals surface area contributed by atoms with Crippen molar-refractivity contribution in [3.8, 4) is 11.5 Å². The first-order valence-corrected chi connectivity index (χ1v) is 7.00. The molecule has 1 atom stereocenters. The highest BCUT2D eigenvalue weighted by Crippen LogP contribution is 2.32. The third-order valence-electron chi connectivity index (χ3n) is 3.15. The summed E-state index contributed by atoms with van der Waals surface area (Å²) in [6.45, 7) is 2.28. The Bertz CT molecular complexity index is 539. The minimum atomic E-state index is -0.0369. The van der Waals surface area contributed by atoms with Crippen molar-refractivity contribution in [2.45, 2.75) is 19.4 Å². The van der Waals surface area contributed by atoms with Crippen LogP contribution < -0.4 is 14.8 Å². The molecule has 2 rings (SSSR count). The summed E-state index contributed by atoms with van der Waals surface area (Å²) in [4.78, 5) is 0. The van der Waals surface area contributed by atoms with Crippen LogP contribution in [0, 0.1) is 0 Å². The summed E-state index contributed by atoms with van der Waals surface area (Å²) in [6, 6.07) is 9.55. The number of nitrogens with one attached hydrogen (secondary N) is 1. The van der Waals surface area contributed by atoms with Gasteiger partial charge < -0.3 is 24.3 Å². The lowest BCUT2D eigenvalue weighted by Gasteiger charge is -2.18. The van der Waals surface area contributed by atoms with Gasteiger partial charge in [0.2, 0.25) is 0 Å². The maximum absolute atomic E-state index is 8.88. The molecule has 0 fully saturated rings. The van der Waals surface area contributed by atoms with E-state index in [-0.39, 0.29) is 19.3 Å². The molecule has 1 aromatic heterocycles. The number of ether oxygens (including phenoxy) is 2. The second kappa shape index (κ2) is 7.59. The van der Waals surface area contributed by atoms with Crippen LogP contribution in [0.15, 0.2) is 41.0 Å². The molecule has 0 radical (unpaired) electrons. The predicted molar refractivity (Wildman–Crippen MR) is 80.9 cm³/mol. The van der Waals surface area contributed by atoms with Gasteiger partial charge in [-0.2, -0.15) is 0 Å². The molecule has 0 saturated heterocycles. The molecule has 0 saturated carbocycles. The zero-order valence-electron chi connectivity index (χ0n) is 12.3. The topological polar surface area (TPSA) is 63.9 Å². The fraction of sp³-hybridized carbons (Fsp3) is 0.375. The molecule has 0 bridgehead atoms. The molecule has 21 heavy (non-hydrogen) atoms. The minimum Gasteiger partial charge on any atom is -0.493 e. The van der Waals surface area contributed by atoms with E-state index in [4.69, 9.17) is 19.0 Å². The monoisotopic (exact) mass is 291 g/mol. The molecule has 5 heteroatoms. The molecule has 5 nitrogen and oxygen atoms in total. The van der Waals surface area contributed by atoms with E-state index in [2.05, 4.69) is 12.2 Å². The number of hydrogen-bond acceptors (Lipinski definition) is 5. The lowest BCUT2D eigenvalue weighted by Crippen LogP contribution is -2.09. The molecule has 1 heterocycles. The van der Waals surface area contributed by atoms with Gasteiger partial charge in [0.25, 0.3) is 0 Å². The second-order valence-corrected chi connectivity index (χ2v) is 4.56. The maximum Gasteiger partial charge on any atom is 0.163 e. The van der Waals surface area contributed by atoms with Crippen LogP contribution in [0.3, 0.4) is 0 Å². The Morgan fingerprint density at radius 1 is 1.29 bits per heavy atom. The summed E-state index contributed by atoms with van der Waals surface area (Å²) in [5, 5.41) is 12.3. The largest absolute Gasteiger partial charge is 0.493 e. The van der Waals surface area contributed by atoms with Gasteiger partial charge in [0.1, 0.15) is 12.4 Å². The number of aliphatic hydroxyl groups excluding tert-OH is 1. The highest BCUT2D eigenvalue weighted by atomic mass is 16.5. The Morgan fingerprint density at radius 2 is 2.14 bits per heavy atom. The van der Waals surface area contributed by atoms with E-state index in [1.807, 2.05) is 30.3 Å². The lowest BCUT2D eigenvalue weighted by molar-refractivity contribution is 0.196. The average Bonchev–Trinajstić information content (AvgIpc) is 3.04. The number of anilines is 1. The van der Waals surface area contributed by atoms with Crippen LogP contribution in [0.2, 0.25) is 0 Å². The minimum absolute atomic E-state index is 0.0369. The van der Waals surface area contributed by atoms with Crippen molar-refractivity contribution in [1.29, 1.82) is 0 Å². The second-order valence-electron chi connectivity index (χ2n) is 4.56. The highest BCUT2D eigenvalue weighted by molar-refractivity contribution is 5.55. The summed E-state index contributed by atoms with van der Waals surface area (Å²) in [6.07, 6.45) is 2.57. The Labute approximate surface area is 124 Å². The Hall–Kier alpha value is -2.14. The molecule has 0 aliphatic rings. The Morgan fingerprint density at radius 3 is 2.76 bits per heavy atom. The summed E-state index contributed by atoms with van der Waals surface area (Å²) in [5.74, 6) is 2.14. The first-order chi connectivity index (χ1) is 10.3. The van der Waals surface area contributed by atoms with Crippen LogP contribution in [0.5, 0.6) is 11.5 Å². The van der Waals surface area contributed by atoms with Crippen molar-refractivity contribution in [1.82, 2.24) is 0 Å². The van der Waals surface area contributed by atoms with Crippen molar-refractivity contribution in [2.24, 2.45) is 0 Å². The third kappa shape index (κ3) is 3.92. The number of rotatable bonds is 8. The van der Waals surface area contributed by atoms with Crippen LogP contribution in [0.1, 0.15) is 25.1 Å². The van der Waals surface area contributed by atoms with Gasteiger partial charge in [0.15, 0.2) is 11.5 Å². The molecule has 2 aromatic rings. The molecule has 0 spiro atoms. The van der Waals surface area contributed by atoms with Crippen molar-refractivity contribution in [3.05, 3.63) is 42.4 Å². The number of hydrogen-bond donors (Lipinski definition) is 2. The average molecular weight is 291 g/mol. The maximum atomic E-state index is 8.88. The van der Waals surface area contributed by atoms with E-state index in [1.165, 1.54) is 0 Å². The van der Waals surface area contributed by atoms with Gasteiger partial charge in [-0.25, -0.2) is 0 Å². The summed E-state index contributed by atoms with van der Waals surface area (Å²) in [5.41, 5.74) is 0.909. The van der Waals surface area contributed by atoms with Crippen LogP contribution in [0.4, 0.5) is 5.69 Å². The van der Waals surface area contributed by atoms with Crippen LogP contribution >= 0.6 is 0 Å². The van der Waals surface area contributed by atoms with Crippen molar-refractivity contribution in [2.75, 3.05) is 25.6 Å². The smallest absolute Gasteiger partial charge is 0.163 e. The van der Waals surface area contributed by atoms with Gasteiger partial charge in [0, 0.05) is 11.8 Å². The fourth-order valence-corrected chi connectivity index (χ4v) is 2.10. The molecule has 114 valence electrons. The van der Waals surface area contributed by atoms with Gasteiger partial charge in [-0.05, 0) is 30.7 Å². The first kappa shape index (κ1) is 15.3. The van der Waals surface area contributed by atoms with E-state index in [1.54, 1.807) is 13.4 Å². The summed E-state index contributed by atoms with van der Waals surface area (Å²) >= 11 is 0. The summed E-state index contributed by atoms with van der Waals surface area (Å²) < 4.78 is 16.2. The zero-order valence-corrected chi connectivity index (χ0v) is 12.3. The molecule has 1 unspecified atom stereocenters. The van der Waals surface area contributed by atoms with Crippen molar-refractivity contribution in [3.63, 3.8) is 0 Å². The highest BCUT2D eigenvalue weighted by Gasteiger charge is 2.13. The SMILES string of the molecule is CCC(Nc1ccc(OC)c(OCCO)c1)c1ccco1. The quantitative estimate of drug-likeness (QED) is 0.782. The Kier molecular flexibility index (Phi) is 5.51. The molecular formula is C16H21NO4. The molecule has 2 N–H and O–H groups in total. The van der Waals surface area contributed by atoms with Gasteiger partial charge in [0.05, 0.1) is 26.0 Å². The van der Waals surface area contributed by atoms with Crippen LogP contribution in [-0.4, -0.2) is 25.4 Å². The zero-order chi connectivity index (χ0) is 15.1. The van der Waals surface area contributed by atoms with Gasteiger partial charge in [-0.15, -0.1) is 0 Å². The fourth-order valence-electron chi connectivity index (χ4n) is 2.10. The number of aliphatic hydroxyl groups is 1. The van der Waals surface area contributed by atoms with E-state index in [9.17, 15) is 0 Å². The third-order valence-corrected chi connectivity index (χ3v) is 3.15. The predicted octanol–water partition coefficient (Wildman–Crippen LogP) is 3.22. The molecule has 0 aliphatic heterocycles. The van der Waals surface area contributed by atoms with E-state index in [0.717, 1.165) is 17.9 Å². The molecule has 0 aliphatic carbocycles. The Balaban J connectivity index is 2.15. The normalized spacial score (nSPS) is 12.0. The van der Waals surface area contributed by atoms with Crippen molar-refractivity contribution < 1.29 is 19.0 Å². The van der Waals surface area contributed by atoms with Crippen LogP contribution in [0.25, 0.3) is 0 Å². The van der Waals surface area contributed by atoms with E-state index < -0.39 is 0 Å². The van der Waals surface area contributed by atoms with E-state index >= 15 is 0 Å². The summed E-state index contributed by atoms with van der Waals surface area (Å²) in [7, 11) is 1.59. The molecule has 1 aromatic carbocycles. The van der Waals surface area contributed by atoms with Gasteiger partial charge in [-0.1, -0.05) is 6.92 Å². The number of methoxy groups -OCH3 is 1.